The predicted octanol–water partition coefficient (Wildman–Crippen LogP) is 1.62. The van der Waals surface area contributed by atoms with Gasteiger partial charge in [0.2, 0.25) is 0 Å². The number of nitrogens with zero attached hydrogens (tertiary/aromatic N) is 2. The van der Waals surface area contributed by atoms with E-state index in [-0.39, 0.29) is 0 Å². The Kier molecular flexibility index (Phi) is 4.40. The molecule has 18 heavy (non-hydrogen) atoms. The summed E-state index contributed by atoms with van der Waals surface area (Å²) < 4.78 is 2.02. The van der Waals surface area contributed by atoms with E-state index in [2.05, 4.69) is 24.3 Å². The first-order valence-electron chi connectivity index (χ1n) is 7.07. The largest absolute Gasteiger partial charge is 0.330 e. The number of aryl methyl sites for hydroxylation is 1. The summed E-state index contributed by atoms with van der Waals surface area (Å²) in [6.45, 7) is 6.26. The van der Waals surface area contributed by atoms with E-state index in [4.69, 9.17) is 5.73 Å². The maximum absolute atomic E-state index is 5.83. The van der Waals surface area contributed by atoms with Crippen molar-refractivity contribution in [3.63, 3.8) is 0 Å². The summed E-state index contributed by atoms with van der Waals surface area (Å²) >= 11 is 0. The SMILES string of the molecule is CC(C)C(CN)CNC1CCCc2c1cnn2C. The molecular weight excluding hydrogens is 224 g/mol. The highest BCUT2D eigenvalue weighted by Crippen LogP contribution is 2.29. The van der Waals surface area contributed by atoms with Gasteiger partial charge in [0.1, 0.15) is 0 Å². The summed E-state index contributed by atoms with van der Waals surface area (Å²) in [6.07, 6.45) is 5.65. The highest BCUT2D eigenvalue weighted by Gasteiger charge is 2.24. The van der Waals surface area contributed by atoms with E-state index >= 15 is 0 Å². The molecule has 2 rings (SSSR count). The molecule has 2 unspecified atom stereocenters. The molecule has 2 atom stereocenters. The fourth-order valence-electron chi connectivity index (χ4n) is 2.80. The van der Waals surface area contributed by atoms with Crippen LogP contribution in [0.15, 0.2) is 6.20 Å². The summed E-state index contributed by atoms with van der Waals surface area (Å²) in [4.78, 5) is 0. The number of fused-ring (bicyclic) bond motifs is 1. The molecule has 0 aromatic carbocycles. The highest BCUT2D eigenvalue weighted by atomic mass is 15.3. The number of rotatable bonds is 5. The van der Waals surface area contributed by atoms with E-state index in [0.29, 0.717) is 17.9 Å². The molecule has 4 nitrogen and oxygen atoms in total. The molecule has 0 aliphatic heterocycles. The Bertz CT molecular complexity index is 383. The summed E-state index contributed by atoms with van der Waals surface area (Å²) in [5, 5.41) is 8.07. The second kappa shape index (κ2) is 5.85. The van der Waals surface area contributed by atoms with Crippen LogP contribution in [0.4, 0.5) is 0 Å². The van der Waals surface area contributed by atoms with Crippen LogP contribution < -0.4 is 11.1 Å². The molecule has 4 heteroatoms. The van der Waals surface area contributed by atoms with Crippen molar-refractivity contribution in [3.05, 3.63) is 17.5 Å². The summed E-state index contributed by atoms with van der Waals surface area (Å²) in [5.41, 5.74) is 8.62. The molecule has 0 spiro atoms. The Morgan fingerprint density at radius 1 is 1.56 bits per heavy atom. The third-order valence-electron chi connectivity index (χ3n) is 4.25. The van der Waals surface area contributed by atoms with E-state index in [1.165, 1.54) is 24.1 Å². The molecule has 0 amide bonds. The van der Waals surface area contributed by atoms with Crippen LogP contribution >= 0.6 is 0 Å². The third-order valence-corrected chi connectivity index (χ3v) is 4.25. The van der Waals surface area contributed by atoms with Gasteiger partial charge in [-0.2, -0.15) is 5.10 Å². The van der Waals surface area contributed by atoms with Crippen molar-refractivity contribution >= 4 is 0 Å². The van der Waals surface area contributed by atoms with Crippen LogP contribution in [0.1, 0.15) is 44.0 Å². The van der Waals surface area contributed by atoms with Gasteiger partial charge in [0.25, 0.3) is 0 Å². The topological polar surface area (TPSA) is 55.9 Å². The molecule has 1 heterocycles. The third kappa shape index (κ3) is 2.75. The summed E-state index contributed by atoms with van der Waals surface area (Å²) in [6, 6.07) is 0.468. The van der Waals surface area contributed by atoms with Crippen LogP contribution in [0.5, 0.6) is 0 Å². The molecular formula is C14H26N4. The Morgan fingerprint density at radius 2 is 2.33 bits per heavy atom. The van der Waals surface area contributed by atoms with Crippen LogP contribution in [0.2, 0.25) is 0 Å². The zero-order valence-electron chi connectivity index (χ0n) is 11.8. The lowest BCUT2D eigenvalue weighted by molar-refractivity contribution is 0.337. The molecule has 1 aliphatic rings. The predicted molar refractivity (Wildman–Crippen MR) is 74.3 cm³/mol. The first-order valence-corrected chi connectivity index (χ1v) is 7.07. The van der Waals surface area contributed by atoms with Gasteiger partial charge in [-0.05, 0) is 44.2 Å². The van der Waals surface area contributed by atoms with Gasteiger partial charge in [0, 0.05) is 24.3 Å². The van der Waals surface area contributed by atoms with Gasteiger partial charge in [-0.15, -0.1) is 0 Å². The Hall–Kier alpha value is -0.870. The molecule has 0 saturated carbocycles. The second-order valence-corrected chi connectivity index (χ2v) is 5.76. The molecule has 3 N–H and O–H groups in total. The second-order valence-electron chi connectivity index (χ2n) is 5.76. The lowest BCUT2D eigenvalue weighted by atomic mass is 9.91. The Morgan fingerprint density at radius 3 is 3.00 bits per heavy atom. The Labute approximate surface area is 110 Å². The van der Waals surface area contributed by atoms with Crippen LogP contribution in [0, 0.1) is 11.8 Å². The highest BCUT2D eigenvalue weighted by molar-refractivity contribution is 5.24. The van der Waals surface area contributed by atoms with E-state index in [0.717, 1.165) is 19.5 Å². The van der Waals surface area contributed by atoms with Crippen molar-refractivity contribution in [2.45, 2.75) is 39.2 Å². The van der Waals surface area contributed by atoms with Crippen LogP contribution in [0.25, 0.3) is 0 Å². The minimum atomic E-state index is 0.468. The minimum absolute atomic E-state index is 0.468. The van der Waals surface area contributed by atoms with Gasteiger partial charge in [0.15, 0.2) is 0 Å². The van der Waals surface area contributed by atoms with Gasteiger partial charge in [0.05, 0.1) is 6.20 Å². The van der Waals surface area contributed by atoms with Crippen LogP contribution in [-0.4, -0.2) is 22.9 Å². The van der Waals surface area contributed by atoms with Crippen molar-refractivity contribution in [2.24, 2.45) is 24.6 Å². The Balaban J connectivity index is 1.99. The fourth-order valence-corrected chi connectivity index (χ4v) is 2.80. The fraction of sp³-hybridized carbons (Fsp3) is 0.786. The van der Waals surface area contributed by atoms with Gasteiger partial charge >= 0.3 is 0 Å². The molecule has 0 saturated heterocycles. The van der Waals surface area contributed by atoms with E-state index in [1.807, 2.05) is 17.9 Å². The average molecular weight is 250 g/mol. The quantitative estimate of drug-likeness (QED) is 0.835. The number of nitrogens with two attached hydrogens (primary N) is 1. The van der Waals surface area contributed by atoms with E-state index < -0.39 is 0 Å². The number of hydrogen-bond acceptors (Lipinski definition) is 3. The van der Waals surface area contributed by atoms with Crippen molar-refractivity contribution in [1.82, 2.24) is 15.1 Å². The van der Waals surface area contributed by atoms with E-state index in [1.54, 1.807) is 0 Å². The minimum Gasteiger partial charge on any atom is -0.330 e. The van der Waals surface area contributed by atoms with Crippen molar-refractivity contribution < 1.29 is 0 Å². The van der Waals surface area contributed by atoms with Crippen molar-refractivity contribution in [2.75, 3.05) is 13.1 Å². The van der Waals surface area contributed by atoms with Gasteiger partial charge in [-0.1, -0.05) is 13.8 Å². The monoisotopic (exact) mass is 250 g/mol. The van der Waals surface area contributed by atoms with Crippen molar-refractivity contribution in [1.29, 1.82) is 0 Å². The van der Waals surface area contributed by atoms with E-state index in [9.17, 15) is 0 Å². The average Bonchev–Trinajstić information content (AvgIpc) is 2.73. The number of nitrogens with one attached hydrogen (secondary N) is 1. The zero-order chi connectivity index (χ0) is 13.1. The normalized spacial score (nSPS) is 21.1. The van der Waals surface area contributed by atoms with Gasteiger partial charge in [-0.25, -0.2) is 0 Å². The van der Waals surface area contributed by atoms with Crippen molar-refractivity contribution in [3.8, 4) is 0 Å². The number of hydrogen-bond donors (Lipinski definition) is 2. The molecule has 0 radical (unpaired) electrons. The summed E-state index contributed by atoms with van der Waals surface area (Å²) in [7, 11) is 2.04. The molecule has 102 valence electrons. The number of aromatic nitrogens is 2. The molecule has 1 aliphatic carbocycles. The molecule has 0 fully saturated rings. The lowest BCUT2D eigenvalue weighted by Gasteiger charge is -2.27. The molecule has 1 aromatic rings. The van der Waals surface area contributed by atoms with Gasteiger partial charge in [-0.3, -0.25) is 4.68 Å². The lowest BCUT2D eigenvalue weighted by Crippen LogP contribution is -2.35. The molecule has 0 bridgehead atoms. The smallest absolute Gasteiger partial charge is 0.0540 e. The zero-order valence-corrected chi connectivity index (χ0v) is 11.8. The maximum atomic E-state index is 5.83. The first kappa shape index (κ1) is 13.6. The van der Waals surface area contributed by atoms with Gasteiger partial charge < -0.3 is 11.1 Å². The molecule has 1 aromatic heterocycles. The first-order chi connectivity index (χ1) is 8.63. The van der Waals surface area contributed by atoms with Crippen LogP contribution in [0.3, 0.4) is 0 Å². The van der Waals surface area contributed by atoms with Crippen LogP contribution in [-0.2, 0) is 13.5 Å². The maximum Gasteiger partial charge on any atom is 0.0540 e. The standard InChI is InChI=1S/C14H26N4/c1-10(2)11(7-15)8-16-13-5-4-6-14-12(13)9-17-18(14)3/h9-11,13,16H,4-8,15H2,1-3H3. The summed E-state index contributed by atoms with van der Waals surface area (Å²) in [5.74, 6) is 1.20.